The van der Waals surface area contributed by atoms with Crippen molar-refractivity contribution in [2.75, 3.05) is 6.54 Å². The number of aliphatic hydroxyl groups is 1. The Morgan fingerprint density at radius 1 is 1.15 bits per heavy atom. The van der Waals surface area contributed by atoms with Crippen molar-refractivity contribution in [2.45, 2.75) is 12.3 Å². The van der Waals surface area contributed by atoms with Crippen LogP contribution in [0, 0.1) is 0 Å². The molecule has 1 aromatic heterocycles. The van der Waals surface area contributed by atoms with E-state index in [-0.39, 0.29) is 17.7 Å². The number of hydrogen-bond acceptors (Lipinski definition) is 5. The molecule has 2 N–H and O–H groups in total. The van der Waals surface area contributed by atoms with Crippen molar-refractivity contribution in [3.8, 4) is 5.69 Å². The van der Waals surface area contributed by atoms with E-state index in [9.17, 15) is 23.1 Å². The molecule has 0 bridgehead atoms. The molecule has 0 saturated heterocycles. The number of rotatable bonds is 5. The van der Waals surface area contributed by atoms with Crippen LogP contribution in [-0.2, 0) is 6.18 Å². The summed E-state index contributed by atoms with van der Waals surface area (Å²) >= 11 is 0. The fraction of sp³-hybridized carbons (Fsp3) is 0.176. The lowest BCUT2D eigenvalue weighted by atomic mass is 10.0. The number of alkyl halides is 3. The van der Waals surface area contributed by atoms with Crippen LogP contribution < -0.4 is 5.32 Å². The van der Waals surface area contributed by atoms with Crippen molar-refractivity contribution in [2.24, 2.45) is 0 Å². The Morgan fingerprint density at radius 3 is 2.48 bits per heavy atom. The van der Waals surface area contributed by atoms with Gasteiger partial charge in [-0.3, -0.25) is 4.79 Å². The molecule has 7 nitrogen and oxygen atoms in total. The summed E-state index contributed by atoms with van der Waals surface area (Å²) in [5, 5.41) is 23.2. The second kappa shape index (κ2) is 7.54. The van der Waals surface area contributed by atoms with Crippen LogP contribution in [-0.4, -0.2) is 37.8 Å². The van der Waals surface area contributed by atoms with E-state index in [0.717, 1.165) is 6.07 Å². The van der Waals surface area contributed by atoms with Gasteiger partial charge in [-0.2, -0.15) is 13.2 Å². The number of halogens is 3. The van der Waals surface area contributed by atoms with Gasteiger partial charge in [-0.15, -0.1) is 5.10 Å². The highest BCUT2D eigenvalue weighted by Crippen LogP contribution is 2.34. The van der Waals surface area contributed by atoms with Crippen LogP contribution in [0.5, 0.6) is 0 Å². The molecule has 1 unspecified atom stereocenters. The number of aliphatic hydroxyl groups excluding tert-OH is 1. The van der Waals surface area contributed by atoms with Crippen molar-refractivity contribution >= 4 is 5.91 Å². The molecule has 0 radical (unpaired) electrons. The van der Waals surface area contributed by atoms with Gasteiger partial charge in [-0.05, 0) is 46.3 Å². The zero-order valence-corrected chi connectivity index (χ0v) is 13.8. The van der Waals surface area contributed by atoms with Gasteiger partial charge in [0.2, 0.25) is 0 Å². The number of nitrogens with one attached hydrogen (secondary N) is 1. The van der Waals surface area contributed by atoms with E-state index in [4.69, 9.17) is 0 Å². The summed E-state index contributed by atoms with van der Waals surface area (Å²) in [7, 11) is 0. The Kier molecular flexibility index (Phi) is 5.17. The monoisotopic (exact) mass is 377 g/mol. The van der Waals surface area contributed by atoms with E-state index in [2.05, 4.69) is 20.8 Å². The van der Waals surface area contributed by atoms with Crippen LogP contribution in [0.4, 0.5) is 13.2 Å². The minimum absolute atomic E-state index is 0.281. The van der Waals surface area contributed by atoms with Gasteiger partial charge in [0.15, 0.2) is 0 Å². The standard InChI is InChI=1S/C17H14F3N5O2/c18-17(19,20)14-4-2-1-3-13(14)15(26)9-21-16(27)11-5-7-12(8-6-11)25-10-22-23-24-25/h1-8,10,15,26H,9H2,(H,21,27). The maximum Gasteiger partial charge on any atom is 0.416 e. The quantitative estimate of drug-likeness (QED) is 0.711. The van der Waals surface area contributed by atoms with E-state index in [1.165, 1.54) is 41.3 Å². The van der Waals surface area contributed by atoms with Crippen LogP contribution in [0.25, 0.3) is 5.69 Å². The molecule has 0 saturated carbocycles. The number of tetrazole rings is 1. The number of carbonyl (C=O) groups is 1. The van der Waals surface area contributed by atoms with Crippen molar-refractivity contribution < 1.29 is 23.1 Å². The largest absolute Gasteiger partial charge is 0.416 e. The Bertz CT molecular complexity index is 911. The number of nitrogens with zero attached hydrogens (tertiary/aromatic N) is 4. The first-order chi connectivity index (χ1) is 12.9. The fourth-order valence-electron chi connectivity index (χ4n) is 2.49. The lowest BCUT2D eigenvalue weighted by molar-refractivity contribution is -0.139. The van der Waals surface area contributed by atoms with Gasteiger partial charge in [0.1, 0.15) is 6.33 Å². The minimum Gasteiger partial charge on any atom is -0.387 e. The van der Waals surface area contributed by atoms with Crippen molar-refractivity contribution in [3.63, 3.8) is 0 Å². The zero-order valence-electron chi connectivity index (χ0n) is 13.8. The molecule has 140 valence electrons. The van der Waals surface area contributed by atoms with Gasteiger partial charge >= 0.3 is 6.18 Å². The van der Waals surface area contributed by atoms with Crippen LogP contribution >= 0.6 is 0 Å². The fourth-order valence-corrected chi connectivity index (χ4v) is 2.49. The van der Waals surface area contributed by atoms with Crippen molar-refractivity contribution in [1.82, 2.24) is 25.5 Å². The second-order valence-corrected chi connectivity index (χ2v) is 5.61. The first-order valence-corrected chi connectivity index (χ1v) is 7.82. The number of benzene rings is 2. The molecule has 1 heterocycles. The molecule has 27 heavy (non-hydrogen) atoms. The summed E-state index contributed by atoms with van der Waals surface area (Å²) in [4.78, 5) is 12.2. The highest BCUT2D eigenvalue weighted by atomic mass is 19.4. The third-order valence-corrected chi connectivity index (χ3v) is 3.82. The molecular weight excluding hydrogens is 363 g/mol. The minimum atomic E-state index is -4.59. The summed E-state index contributed by atoms with van der Waals surface area (Å²) < 4.78 is 40.4. The number of hydrogen-bond donors (Lipinski definition) is 2. The Balaban J connectivity index is 1.66. The Morgan fingerprint density at radius 2 is 1.85 bits per heavy atom. The van der Waals surface area contributed by atoms with E-state index in [1.807, 2.05) is 0 Å². The Labute approximate surface area is 151 Å². The predicted octanol–water partition coefficient (Wildman–Crippen LogP) is 2.14. The second-order valence-electron chi connectivity index (χ2n) is 5.61. The van der Waals surface area contributed by atoms with Crippen LogP contribution in [0.2, 0.25) is 0 Å². The molecule has 1 amide bonds. The number of amides is 1. The average Bonchev–Trinajstić information content (AvgIpc) is 3.20. The highest BCUT2D eigenvalue weighted by molar-refractivity contribution is 5.94. The van der Waals surface area contributed by atoms with Gasteiger partial charge in [-0.1, -0.05) is 18.2 Å². The zero-order chi connectivity index (χ0) is 19.4. The lowest BCUT2D eigenvalue weighted by Gasteiger charge is -2.18. The molecule has 0 aliphatic carbocycles. The van der Waals surface area contributed by atoms with Crippen molar-refractivity contribution in [3.05, 3.63) is 71.5 Å². The maximum atomic E-state index is 13.0. The molecular formula is C17H14F3N5O2. The Hall–Kier alpha value is -3.27. The van der Waals surface area contributed by atoms with Gasteiger partial charge in [0.25, 0.3) is 5.91 Å². The highest BCUT2D eigenvalue weighted by Gasteiger charge is 2.34. The van der Waals surface area contributed by atoms with E-state index >= 15 is 0 Å². The predicted molar refractivity (Wildman–Crippen MR) is 87.9 cm³/mol. The normalized spacial score (nSPS) is 12.6. The first kappa shape index (κ1) is 18.5. The van der Waals surface area contributed by atoms with Gasteiger partial charge in [0, 0.05) is 12.1 Å². The molecule has 10 heteroatoms. The van der Waals surface area contributed by atoms with Gasteiger partial charge in [-0.25, -0.2) is 4.68 Å². The molecule has 0 aliphatic rings. The smallest absolute Gasteiger partial charge is 0.387 e. The van der Waals surface area contributed by atoms with Crippen molar-refractivity contribution in [1.29, 1.82) is 0 Å². The third-order valence-electron chi connectivity index (χ3n) is 3.82. The molecule has 0 aliphatic heterocycles. The molecule has 3 aromatic rings. The van der Waals surface area contributed by atoms with Crippen LogP contribution in [0.1, 0.15) is 27.6 Å². The number of carbonyl (C=O) groups excluding carboxylic acids is 1. The molecule has 0 spiro atoms. The topological polar surface area (TPSA) is 92.9 Å². The maximum absolute atomic E-state index is 13.0. The molecule has 3 rings (SSSR count). The summed E-state index contributed by atoms with van der Waals surface area (Å²) in [5.74, 6) is -0.526. The van der Waals surface area contributed by atoms with E-state index in [0.29, 0.717) is 5.69 Å². The summed E-state index contributed by atoms with van der Waals surface area (Å²) in [6.45, 7) is -0.360. The van der Waals surface area contributed by atoms with Crippen LogP contribution in [0.3, 0.4) is 0 Å². The average molecular weight is 377 g/mol. The van der Waals surface area contributed by atoms with Gasteiger partial charge < -0.3 is 10.4 Å². The SMILES string of the molecule is O=C(NCC(O)c1ccccc1C(F)(F)F)c1ccc(-n2cnnn2)cc1. The molecule has 1 atom stereocenters. The molecule has 0 fully saturated rings. The first-order valence-electron chi connectivity index (χ1n) is 7.82. The summed E-state index contributed by atoms with van der Waals surface area (Å²) in [6, 6.07) is 11.0. The van der Waals surface area contributed by atoms with Gasteiger partial charge in [0.05, 0.1) is 17.4 Å². The summed E-state index contributed by atoms with van der Waals surface area (Å²) in [6.07, 6.45) is -4.69. The summed E-state index contributed by atoms with van der Waals surface area (Å²) in [5.41, 5.74) is -0.310. The third kappa shape index (κ3) is 4.29. The van der Waals surface area contributed by atoms with Crippen LogP contribution in [0.15, 0.2) is 54.9 Å². The lowest BCUT2D eigenvalue weighted by Crippen LogP contribution is -2.29. The number of aromatic nitrogens is 4. The molecule has 2 aromatic carbocycles. The van der Waals surface area contributed by atoms with E-state index < -0.39 is 23.8 Å². The van der Waals surface area contributed by atoms with E-state index in [1.54, 1.807) is 12.1 Å².